The van der Waals surface area contributed by atoms with Gasteiger partial charge in [0, 0.05) is 34.8 Å². The second-order valence-electron chi connectivity index (χ2n) is 7.17. The molecular formula is C25H23N3O3. The lowest BCUT2D eigenvalue weighted by Gasteiger charge is -2.19. The summed E-state index contributed by atoms with van der Waals surface area (Å²) in [7, 11) is 1.57. The molecule has 4 rings (SSSR count). The first-order chi connectivity index (χ1) is 15.1. The maximum Gasteiger partial charge on any atom is 0.251 e. The van der Waals surface area contributed by atoms with Gasteiger partial charge in [-0.25, -0.2) is 0 Å². The zero-order valence-corrected chi connectivity index (χ0v) is 17.1. The predicted octanol–water partition coefficient (Wildman–Crippen LogP) is 4.16. The van der Waals surface area contributed by atoms with Crippen LogP contribution in [0.25, 0.3) is 10.9 Å². The van der Waals surface area contributed by atoms with Crippen LogP contribution < -0.4 is 15.4 Å². The van der Waals surface area contributed by atoms with Crippen LogP contribution in [0, 0.1) is 0 Å². The van der Waals surface area contributed by atoms with E-state index >= 15 is 0 Å². The van der Waals surface area contributed by atoms with Gasteiger partial charge in [-0.05, 0) is 48.0 Å². The Kier molecular flexibility index (Phi) is 5.98. The number of aromatic amines is 1. The zero-order chi connectivity index (χ0) is 21.6. The standard InChI is InChI=1S/C25H23N3O3/c1-31-20-13-11-17(12-14-20)24(29)28-23(25(30)27-19-7-3-2-4-8-19)15-18-16-26-22-10-6-5-9-21(18)22/h2-14,16,23,26H,15H2,1H3,(H,27,30)(H,28,29). The normalized spacial score (nSPS) is 11.6. The Hall–Kier alpha value is -4.06. The predicted molar refractivity (Wildman–Crippen MR) is 121 cm³/mol. The summed E-state index contributed by atoms with van der Waals surface area (Å²) in [6.45, 7) is 0. The minimum atomic E-state index is -0.756. The summed E-state index contributed by atoms with van der Waals surface area (Å²) in [5.41, 5.74) is 3.08. The minimum Gasteiger partial charge on any atom is -0.497 e. The molecule has 0 radical (unpaired) electrons. The van der Waals surface area contributed by atoms with E-state index in [1.165, 1.54) is 0 Å². The van der Waals surface area contributed by atoms with Gasteiger partial charge in [-0.15, -0.1) is 0 Å². The number of hydrogen-bond acceptors (Lipinski definition) is 3. The van der Waals surface area contributed by atoms with Gasteiger partial charge in [-0.1, -0.05) is 36.4 Å². The molecule has 1 unspecified atom stereocenters. The Balaban J connectivity index is 1.58. The van der Waals surface area contributed by atoms with Crippen LogP contribution in [0.3, 0.4) is 0 Å². The number of aromatic nitrogens is 1. The topological polar surface area (TPSA) is 83.2 Å². The number of amides is 2. The molecule has 3 N–H and O–H groups in total. The van der Waals surface area contributed by atoms with Crippen molar-refractivity contribution in [3.05, 3.63) is 96.2 Å². The molecule has 4 aromatic rings. The van der Waals surface area contributed by atoms with E-state index in [9.17, 15) is 9.59 Å². The van der Waals surface area contributed by atoms with E-state index in [0.717, 1.165) is 16.5 Å². The van der Waals surface area contributed by atoms with Gasteiger partial charge in [0.15, 0.2) is 0 Å². The van der Waals surface area contributed by atoms with E-state index in [1.807, 2.05) is 60.8 Å². The highest BCUT2D eigenvalue weighted by atomic mass is 16.5. The van der Waals surface area contributed by atoms with E-state index in [0.29, 0.717) is 23.4 Å². The van der Waals surface area contributed by atoms with Crippen molar-refractivity contribution in [2.75, 3.05) is 12.4 Å². The lowest BCUT2D eigenvalue weighted by atomic mass is 10.0. The van der Waals surface area contributed by atoms with Gasteiger partial charge in [-0.3, -0.25) is 9.59 Å². The first-order valence-corrected chi connectivity index (χ1v) is 10.00. The van der Waals surface area contributed by atoms with Crippen LogP contribution in [-0.4, -0.2) is 29.9 Å². The van der Waals surface area contributed by atoms with Gasteiger partial charge in [0.25, 0.3) is 5.91 Å². The molecular weight excluding hydrogens is 390 g/mol. The number of carbonyl (C=O) groups excluding carboxylic acids is 2. The van der Waals surface area contributed by atoms with Crippen LogP contribution in [0.2, 0.25) is 0 Å². The quantitative estimate of drug-likeness (QED) is 0.425. The summed E-state index contributed by atoms with van der Waals surface area (Å²) < 4.78 is 5.15. The van der Waals surface area contributed by atoms with E-state index in [1.54, 1.807) is 31.4 Å². The fraction of sp³-hybridized carbons (Fsp3) is 0.120. The average molecular weight is 413 g/mol. The van der Waals surface area contributed by atoms with E-state index in [2.05, 4.69) is 15.6 Å². The largest absolute Gasteiger partial charge is 0.497 e. The van der Waals surface area contributed by atoms with Crippen molar-refractivity contribution in [3.8, 4) is 5.75 Å². The average Bonchev–Trinajstić information content (AvgIpc) is 3.22. The maximum absolute atomic E-state index is 13.1. The summed E-state index contributed by atoms with van der Waals surface area (Å²) in [6, 6.07) is 23.1. The Morgan fingerprint density at radius 2 is 1.65 bits per heavy atom. The first-order valence-electron chi connectivity index (χ1n) is 10.00. The Morgan fingerprint density at radius 3 is 2.39 bits per heavy atom. The van der Waals surface area contributed by atoms with Crippen molar-refractivity contribution in [2.24, 2.45) is 0 Å². The number of rotatable bonds is 7. The molecule has 0 aliphatic rings. The second kappa shape index (κ2) is 9.17. The molecule has 1 heterocycles. The van der Waals surface area contributed by atoms with Gasteiger partial charge >= 0.3 is 0 Å². The number of fused-ring (bicyclic) bond motifs is 1. The van der Waals surface area contributed by atoms with E-state index < -0.39 is 6.04 Å². The molecule has 0 fully saturated rings. The number of benzene rings is 3. The molecule has 0 saturated carbocycles. The summed E-state index contributed by atoms with van der Waals surface area (Å²) in [6.07, 6.45) is 2.23. The number of nitrogens with one attached hydrogen (secondary N) is 3. The molecule has 31 heavy (non-hydrogen) atoms. The lowest BCUT2D eigenvalue weighted by molar-refractivity contribution is -0.118. The van der Waals surface area contributed by atoms with Gasteiger partial charge in [0.1, 0.15) is 11.8 Å². The van der Waals surface area contributed by atoms with Crippen molar-refractivity contribution < 1.29 is 14.3 Å². The summed E-state index contributed by atoms with van der Waals surface area (Å²) >= 11 is 0. The SMILES string of the molecule is COc1ccc(C(=O)NC(Cc2c[nH]c3ccccc23)C(=O)Nc2ccccc2)cc1. The van der Waals surface area contributed by atoms with Crippen molar-refractivity contribution >= 4 is 28.4 Å². The Labute approximate surface area is 180 Å². The number of anilines is 1. The molecule has 0 aliphatic heterocycles. The number of methoxy groups -OCH3 is 1. The molecule has 1 atom stereocenters. The summed E-state index contributed by atoms with van der Waals surface area (Å²) in [5.74, 6) is 0.0581. The van der Waals surface area contributed by atoms with Crippen LogP contribution in [0.1, 0.15) is 15.9 Å². The third kappa shape index (κ3) is 4.75. The van der Waals surface area contributed by atoms with Gasteiger partial charge in [0.2, 0.25) is 5.91 Å². The molecule has 3 aromatic carbocycles. The van der Waals surface area contributed by atoms with Crippen LogP contribution in [-0.2, 0) is 11.2 Å². The lowest BCUT2D eigenvalue weighted by Crippen LogP contribution is -2.45. The van der Waals surface area contributed by atoms with E-state index in [4.69, 9.17) is 4.74 Å². The molecule has 0 spiro atoms. The highest BCUT2D eigenvalue weighted by Gasteiger charge is 2.23. The molecule has 6 nitrogen and oxygen atoms in total. The van der Waals surface area contributed by atoms with Crippen LogP contribution in [0.4, 0.5) is 5.69 Å². The number of ether oxygens (including phenoxy) is 1. The molecule has 1 aromatic heterocycles. The van der Waals surface area contributed by atoms with Crippen LogP contribution in [0.15, 0.2) is 85.1 Å². The van der Waals surface area contributed by atoms with Crippen molar-refractivity contribution in [3.63, 3.8) is 0 Å². The number of hydrogen-bond donors (Lipinski definition) is 3. The molecule has 0 saturated heterocycles. The minimum absolute atomic E-state index is 0.279. The highest BCUT2D eigenvalue weighted by molar-refractivity contribution is 6.01. The van der Waals surface area contributed by atoms with Crippen molar-refractivity contribution in [2.45, 2.75) is 12.5 Å². The Bertz CT molecular complexity index is 1180. The van der Waals surface area contributed by atoms with Gasteiger partial charge in [-0.2, -0.15) is 0 Å². The second-order valence-corrected chi connectivity index (χ2v) is 7.17. The van der Waals surface area contributed by atoms with Gasteiger partial charge < -0.3 is 20.4 Å². The van der Waals surface area contributed by atoms with Crippen molar-refractivity contribution in [1.29, 1.82) is 0 Å². The van der Waals surface area contributed by atoms with E-state index in [-0.39, 0.29) is 11.8 Å². The number of carbonyl (C=O) groups is 2. The smallest absolute Gasteiger partial charge is 0.251 e. The zero-order valence-electron chi connectivity index (χ0n) is 17.1. The number of para-hydroxylation sites is 2. The third-order valence-electron chi connectivity index (χ3n) is 5.11. The molecule has 156 valence electrons. The number of H-pyrrole nitrogens is 1. The fourth-order valence-corrected chi connectivity index (χ4v) is 3.46. The highest BCUT2D eigenvalue weighted by Crippen LogP contribution is 2.20. The van der Waals surface area contributed by atoms with Crippen molar-refractivity contribution in [1.82, 2.24) is 10.3 Å². The summed E-state index contributed by atoms with van der Waals surface area (Å²) in [4.78, 5) is 29.2. The monoisotopic (exact) mass is 413 g/mol. The Morgan fingerprint density at radius 1 is 0.935 bits per heavy atom. The third-order valence-corrected chi connectivity index (χ3v) is 5.11. The molecule has 2 amide bonds. The maximum atomic E-state index is 13.1. The molecule has 0 aliphatic carbocycles. The van der Waals surface area contributed by atoms with Crippen LogP contribution in [0.5, 0.6) is 5.75 Å². The van der Waals surface area contributed by atoms with Gasteiger partial charge in [0.05, 0.1) is 7.11 Å². The fourth-order valence-electron chi connectivity index (χ4n) is 3.46. The molecule has 6 heteroatoms. The summed E-state index contributed by atoms with van der Waals surface area (Å²) in [5, 5.41) is 6.81. The first kappa shape index (κ1) is 20.2. The van der Waals surface area contributed by atoms with Crippen LogP contribution >= 0.6 is 0 Å². The molecule has 0 bridgehead atoms.